The number of unbranched alkanes of at least 4 members (excludes halogenated alkanes) is 14. The number of esters is 2. The van der Waals surface area contributed by atoms with Crippen LogP contribution in [0.15, 0.2) is 0 Å². The summed E-state index contributed by atoms with van der Waals surface area (Å²) in [6.45, 7) is 5.71. The molecule has 5 nitrogen and oxygen atoms in total. The Morgan fingerprint density at radius 2 is 1.08 bits per heavy atom. The van der Waals surface area contributed by atoms with Gasteiger partial charge in [0.25, 0.3) is 0 Å². The zero-order valence-electron chi connectivity index (χ0n) is 25.7. The van der Waals surface area contributed by atoms with Gasteiger partial charge in [-0.05, 0) is 89.6 Å². The molecule has 0 atom stereocenters. The Hall–Kier alpha value is -1.10. The van der Waals surface area contributed by atoms with Crippen LogP contribution in [0.4, 0.5) is 0 Å². The summed E-state index contributed by atoms with van der Waals surface area (Å²) in [4.78, 5) is 24.0. The summed E-state index contributed by atoms with van der Waals surface area (Å²) < 4.78 is 11.1. The van der Waals surface area contributed by atoms with E-state index in [2.05, 4.69) is 12.2 Å². The second-order valence-corrected chi connectivity index (χ2v) is 12.8. The molecule has 0 aromatic rings. The van der Waals surface area contributed by atoms with Crippen molar-refractivity contribution >= 4 is 11.9 Å². The normalized spacial score (nSPS) is 20.3. The lowest BCUT2D eigenvalue weighted by Gasteiger charge is -2.46. The molecular formula is C34H63NO4. The topological polar surface area (TPSA) is 64.6 Å². The minimum Gasteiger partial charge on any atom is -0.466 e. The SMILES string of the molecule is CCCCCCCCCOC(=O)CCCCCCCNCCCCCCCC(=O)OCC12CCC(CC1)CC2. The number of hydrogen-bond acceptors (Lipinski definition) is 5. The highest BCUT2D eigenvalue weighted by Gasteiger charge is 2.41. The van der Waals surface area contributed by atoms with Crippen molar-refractivity contribution in [3.63, 3.8) is 0 Å². The molecule has 0 amide bonds. The van der Waals surface area contributed by atoms with E-state index in [1.54, 1.807) is 0 Å². The highest BCUT2D eigenvalue weighted by Crippen LogP contribution is 2.50. The molecule has 39 heavy (non-hydrogen) atoms. The van der Waals surface area contributed by atoms with E-state index in [9.17, 15) is 9.59 Å². The van der Waals surface area contributed by atoms with Gasteiger partial charge in [0.05, 0.1) is 13.2 Å². The van der Waals surface area contributed by atoms with Crippen LogP contribution >= 0.6 is 0 Å². The molecule has 3 aliphatic carbocycles. The molecule has 1 N–H and O–H groups in total. The van der Waals surface area contributed by atoms with Gasteiger partial charge < -0.3 is 14.8 Å². The van der Waals surface area contributed by atoms with Gasteiger partial charge >= 0.3 is 11.9 Å². The van der Waals surface area contributed by atoms with E-state index in [1.807, 2.05) is 0 Å². The Bertz CT molecular complexity index is 601. The molecule has 3 fully saturated rings. The van der Waals surface area contributed by atoms with Gasteiger partial charge in [0.1, 0.15) is 0 Å². The molecule has 2 bridgehead atoms. The maximum Gasteiger partial charge on any atom is 0.305 e. The van der Waals surface area contributed by atoms with E-state index in [4.69, 9.17) is 9.47 Å². The molecule has 3 aliphatic rings. The van der Waals surface area contributed by atoms with Crippen molar-refractivity contribution in [2.24, 2.45) is 11.3 Å². The van der Waals surface area contributed by atoms with Crippen LogP contribution in [0, 0.1) is 11.3 Å². The summed E-state index contributed by atoms with van der Waals surface area (Å²) in [6.07, 6.45) is 29.3. The summed E-state index contributed by atoms with van der Waals surface area (Å²) in [5, 5.41) is 3.56. The predicted octanol–water partition coefficient (Wildman–Crippen LogP) is 9.06. The molecule has 5 heteroatoms. The first-order valence-corrected chi connectivity index (χ1v) is 17.2. The second-order valence-electron chi connectivity index (χ2n) is 12.8. The predicted molar refractivity (Wildman–Crippen MR) is 162 cm³/mol. The van der Waals surface area contributed by atoms with Gasteiger partial charge in [0.2, 0.25) is 0 Å². The summed E-state index contributed by atoms with van der Waals surface area (Å²) >= 11 is 0. The van der Waals surface area contributed by atoms with E-state index < -0.39 is 0 Å². The number of ether oxygens (including phenoxy) is 2. The fourth-order valence-electron chi connectivity index (χ4n) is 6.40. The first-order chi connectivity index (χ1) is 19.1. The summed E-state index contributed by atoms with van der Waals surface area (Å²) in [5.41, 5.74) is 0.333. The Morgan fingerprint density at radius 3 is 1.64 bits per heavy atom. The van der Waals surface area contributed by atoms with E-state index >= 15 is 0 Å². The van der Waals surface area contributed by atoms with Crippen molar-refractivity contribution in [1.29, 1.82) is 0 Å². The smallest absolute Gasteiger partial charge is 0.305 e. The molecule has 3 saturated carbocycles. The standard InChI is InChI=1S/C34H63NO4/c1-2-3-4-5-6-13-18-29-38-32(36)19-14-9-7-11-16-27-35-28-17-12-8-10-15-20-33(37)39-30-34-24-21-31(22-25-34)23-26-34/h31,35H,2-30H2,1H3. The molecular weight excluding hydrogens is 486 g/mol. The zero-order chi connectivity index (χ0) is 27.9. The molecule has 0 spiro atoms. The van der Waals surface area contributed by atoms with Gasteiger partial charge in [-0.2, -0.15) is 0 Å². The van der Waals surface area contributed by atoms with Crippen molar-refractivity contribution in [2.75, 3.05) is 26.3 Å². The summed E-state index contributed by atoms with van der Waals surface area (Å²) in [7, 11) is 0. The van der Waals surface area contributed by atoms with Crippen LogP contribution in [0.2, 0.25) is 0 Å². The lowest BCUT2D eigenvalue weighted by atomic mass is 9.61. The molecule has 3 rings (SSSR count). The fourth-order valence-corrected chi connectivity index (χ4v) is 6.40. The minimum absolute atomic E-state index is 0.0106. The first kappa shape index (κ1) is 34.1. The number of fused-ring (bicyclic) bond motifs is 3. The number of rotatable bonds is 26. The van der Waals surface area contributed by atoms with Crippen LogP contribution in [-0.2, 0) is 19.1 Å². The Kier molecular flexibility index (Phi) is 19.7. The Morgan fingerprint density at radius 1 is 0.615 bits per heavy atom. The molecule has 0 aromatic heterocycles. The minimum atomic E-state index is -0.0106. The van der Waals surface area contributed by atoms with Crippen molar-refractivity contribution in [3.05, 3.63) is 0 Å². The van der Waals surface area contributed by atoms with Crippen molar-refractivity contribution in [1.82, 2.24) is 5.32 Å². The van der Waals surface area contributed by atoms with E-state index in [0.29, 0.717) is 31.5 Å². The van der Waals surface area contributed by atoms with Gasteiger partial charge in [-0.1, -0.05) is 84.0 Å². The molecule has 0 saturated heterocycles. The molecule has 0 radical (unpaired) electrons. The third kappa shape index (κ3) is 17.3. The van der Waals surface area contributed by atoms with Gasteiger partial charge in [-0.3, -0.25) is 9.59 Å². The highest BCUT2D eigenvalue weighted by atomic mass is 16.5. The van der Waals surface area contributed by atoms with E-state index in [-0.39, 0.29) is 11.9 Å². The first-order valence-electron chi connectivity index (χ1n) is 17.2. The average molecular weight is 550 g/mol. The lowest BCUT2D eigenvalue weighted by molar-refractivity contribution is -0.150. The van der Waals surface area contributed by atoms with Crippen LogP contribution in [0.5, 0.6) is 0 Å². The number of carbonyl (C=O) groups excluding carboxylic acids is 2. The van der Waals surface area contributed by atoms with Crippen molar-refractivity contribution in [2.45, 2.75) is 167 Å². The third-order valence-corrected chi connectivity index (χ3v) is 9.27. The van der Waals surface area contributed by atoms with Gasteiger partial charge in [0, 0.05) is 18.3 Å². The molecule has 228 valence electrons. The van der Waals surface area contributed by atoms with Gasteiger partial charge in [-0.25, -0.2) is 0 Å². The number of hydrogen-bond donors (Lipinski definition) is 1. The largest absolute Gasteiger partial charge is 0.466 e. The maximum atomic E-state index is 12.1. The third-order valence-electron chi connectivity index (χ3n) is 9.27. The van der Waals surface area contributed by atoms with Crippen molar-refractivity contribution in [3.8, 4) is 0 Å². The van der Waals surface area contributed by atoms with E-state index in [1.165, 1.54) is 116 Å². The average Bonchev–Trinajstić information content (AvgIpc) is 2.96. The van der Waals surface area contributed by atoms with Crippen LogP contribution in [-0.4, -0.2) is 38.2 Å². The summed E-state index contributed by atoms with van der Waals surface area (Å²) in [5.74, 6) is 0.975. The number of carbonyl (C=O) groups is 2. The Labute approximate surface area is 241 Å². The maximum absolute atomic E-state index is 12.1. The molecule has 0 aromatic carbocycles. The molecule has 0 unspecified atom stereocenters. The van der Waals surface area contributed by atoms with Gasteiger partial charge in [-0.15, -0.1) is 0 Å². The highest BCUT2D eigenvalue weighted by molar-refractivity contribution is 5.69. The lowest BCUT2D eigenvalue weighted by Crippen LogP contribution is -2.38. The quantitative estimate of drug-likeness (QED) is 0.0861. The fraction of sp³-hybridized carbons (Fsp3) is 0.941. The van der Waals surface area contributed by atoms with Crippen LogP contribution in [0.25, 0.3) is 0 Å². The molecule has 0 heterocycles. The van der Waals surface area contributed by atoms with Crippen LogP contribution < -0.4 is 5.32 Å². The molecule has 0 aliphatic heterocycles. The number of nitrogens with one attached hydrogen (secondary N) is 1. The van der Waals surface area contributed by atoms with E-state index in [0.717, 1.165) is 51.1 Å². The zero-order valence-corrected chi connectivity index (χ0v) is 25.7. The van der Waals surface area contributed by atoms with Crippen molar-refractivity contribution < 1.29 is 19.1 Å². The monoisotopic (exact) mass is 549 g/mol. The van der Waals surface area contributed by atoms with Gasteiger partial charge in [0.15, 0.2) is 0 Å². The second kappa shape index (κ2) is 22.6. The van der Waals surface area contributed by atoms with Crippen LogP contribution in [0.3, 0.4) is 0 Å². The Balaban J connectivity index is 1.23. The van der Waals surface area contributed by atoms with Crippen LogP contribution in [0.1, 0.15) is 167 Å². The summed E-state index contributed by atoms with van der Waals surface area (Å²) in [6, 6.07) is 0.